The molecule has 0 saturated carbocycles. The molecular weight excluding hydrogens is 236 g/mol. The molecule has 1 N–H and O–H groups in total. The Morgan fingerprint density at radius 2 is 2.17 bits per heavy atom. The van der Waals surface area contributed by atoms with Gasteiger partial charge < -0.3 is 5.11 Å². The van der Waals surface area contributed by atoms with Crippen molar-refractivity contribution in [1.82, 2.24) is 0 Å². The monoisotopic (exact) mass is 246 g/mol. The molecule has 1 aromatic carbocycles. The second-order valence-electron chi connectivity index (χ2n) is 2.60. The Labute approximate surface area is 85.3 Å². The van der Waals surface area contributed by atoms with Crippen LogP contribution >= 0.6 is 27.7 Å². The number of halogens is 1. The van der Waals surface area contributed by atoms with E-state index in [2.05, 4.69) is 22.0 Å². The highest BCUT2D eigenvalue weighted by molar-refractivity contribution is 9.10. The molecule has 12 heavy (non-hydrogen) atoms. The van der Waals surface area contributed by atoms with Gasteiger partial charge in [0.15, 0.2) is 0 Å². The summed E-state index contributed by atoms with van der Waals surface area (Å²) in [5, 5.41) is 9.06. The van der Waals surface area contributed by atoms with Gasteiger partial charge in [-0.25, -0.2) is 0 Å². The van der Waals surface area contributed by atoms with E-state index in [1.165, 1.54) is 5.56 Å². The number of thioether (sulfide) groups is 1. The Kier molecular flexibility index (Phi) is 3.62. The van der Waals surface area contributed by atoms with Crippen LogP contribution in [0, 0.1) is 6.92 Å². The first-order valence-electron chi connectivity index (χ1n) is 3.63. The fraction of sp³-hybridized carbons (Fsp3) is 0.333. The largest absolute Gasteiger partial charge is 0.392 e. The zero-order valence-electron chi connectivity index (χ0n) is 7.10. The van der Waals surface area contributed by atoms with Crippen LogP contribution < -0.4 is 0 Å². The molecule has 0 unspecified atom stereocenters. The molecule has 1 aromatic rings. The molecule has 0 aromatic heterocycles. The first-order valence-corrected chi connectivity index (χ1v) is 5.64. The van der Waals surface area contributed by atoms with Crippen molar-refractivity contribution in [2.45, 2.75) is 18.4 Å². The Morgan fingerprint density at radius 3 is 2.67 bits per heavy atom. The Balaban J connectivity index is 3.24. The standard InChI is InChI=1S/C9H11BrOS/c1-6-3-7(5-11)9(12-2)8(10)4-6/h3-4,11H,5H2,1-2H3. The smallest absolute Gasteiger partial charge is 0.0693 e. The molecule has 0 atom stereocenters. The van der Waals surface area contributed by atoms with Crippen molar-refractivity contribution in [3.8, 4) is 0 Å². The van der Waals surface area contributed by atoms with E-state index in [-0.39, 0.29) is 6.61 Å². The lowest BCUT2D eigenvalue weighted by Gasteiger charge is -2.08. The van der Waals surface area contributed by atoms with E-state index < -0.39 is 0 Å². The summed E-state index contributed by atoms with van der Waals surface area (Å²) in [5.74, 6) is 0. The molecule has 0 radical (unpaired) electrons. The van der Waals surface area contributed by atoms with Gasteiger partial charge in [-0.1, -0.05) is 6.07 Å². The van der Waals surface area contributed by atoms with Crippen LogP contribution in [0.3, 0.4) is 0 Å². The van der Waals surface area contributed by atoms with Crippen LogP contribution in [0.1, 0.15) is 11.1 Å². The summed E-state index contributed by atoms with van der Waals surface area (Å²) in [6, 6.07) is 4.07. The molecule has 0 bridgehead atoms. The molecule has 3 heteroatoms. The third-order valence-electron chi connectivity index (χ3n) is 1.64. The average molecular weight is 247 g/mol. The van der Waals surface area contributed by atoms with E-state index in [1.807, 2.05) is 19.2 Å². The maximum Gasteiger partial charge on any atom is 0.0693 e. The zero-order valence-corrected chi connectivity index (χ0v) is 9.50. The number of aliphatic hydroxyl groups excluding tert-OH is 1. The predicted molar refractivity (Wildman–Crippen MR) is 56.6 cm³/mol. The van der Waals surface area contributed by atoms with Gasteiger partial charge in [-0.3, -0.25) is 0 Å². The summed E-state index contributed by atoms with van der Waals surface area (Å²) in [6.07, 6.45) is 2.01. The summed E-state index contributed by atoms with van der Waals surface area (Å²) < 4.78 is 1.07. The Hall–Kier alpha value is 0.01000. The molecule has 0 saturated heterocycles. The number of aliphatic hydroxyl groups is 1. The lowest BCUT2D eigenvalue weighted by Crippen LogP contribution is -1.89. The molecule has 66 valence electrons. The van der Waals surface area contributed by atoms with Gasteiger partial charge in [-0.15, -0.1) is 11.8 Å². The lowest BCUT2D eigenvalue weighted by molar-refractivity contribution is 0.278. The fourth-order valence-electron chi connectivity index (χ4n) is 1.15. The molecule has 0 aliphatic heterocycles. The highest BCUT2D eigenvalue weighted by Crippen LogP contribution is 2.30. The number of aryl methyl sites for hydroxylation is 1. The van der Waals surface area contributed by atoms with Gasteiger partial charge in [-0.05, 0) is 46.3 Å². The van der Waals surface area contributed by atoms with Crippen molar-refractivity contribution >= 4 is 27.7 Å². The number of benzene rings is 1. The Morgan fingerprint density at radius 1 is 1.50 bits per heavy atom. The summed E-state index contributed by atoms with van der Waals surface area (Å²) in [6.45, 7) is 2.13. The van der Waals surface area contributed by atoms with Crippen LogP contribution in [0.4, 0.5) is 0 Å². The maximum absolute atomic E-state index is 9.06. The van der Waals surface area contributed by atoms with Gasteiger partial charge in [0.05, 0.1) is 6.61 Å². The van der Waals surface area contributed by atoms with E-state index in [0.29, 0.717) is 0 Å². The molecule has 1 rings (SSSR count). The van der Waals surface area contributed by atoms with Crippen LogP contribution in [0.15, 0.2) is 21.5 Å². The molecule has 1 nitrogen and oxygen atoms in total. The minimum absolute atomic E-state index is 0.108. The highest BCUT2D eigenvalue weighted by Gasteiger charge is 2.05. The minimum atomic E-state index is 0.108. The van der Waals surface area contributed by atoms with Gasteiger partial charge in [0.1, 0.15) is 0 Å². The van der Waals surface area contributed by atoms with Crippen molar-refractivity contribution in [1.29, 1.82) is 0 Å². The Bertz CT molecular complexity index is 286. The molecule has 0 aliphatic carbocycles. The van der Waals surface area contributed by atoms with E-state index in [1.54, 1.807) is 11.8 Å². The first kappa shape index (κ1) is 10.1. The van der Waals surface area contributed by atoms with Gasteiger partial charge in [-0.2, -0.15) is 0 Å². The second-order valence-corrected chi connectivity index (χ2v) is 4.27. The quantitative estimate of drug-likeness (QED) is 0.811. The lowest BCUT2D eigenvalue weighted by atomic mass is 10.1. The number of hydrogen-bond donors (Lipinski definition) is 1. The number of rotatable bonds is 2. The predicted octanol–water partition coefficient (Wildman–Crippen LogP) is 2.97. The highest BCUT2D eigenvalue weighted by atomic mass is 79.9. The van der Waals surface area contributed by atoms with Crippen LogP contribution in [-0.4, -0.2) is 11.4 Å². The van der Waals surface area contributed by atoms with Crippen molar-refractivity contribution in [2.75, 3.05) is 6.26 Å². The maximum atomic E-state index is 9.06. The second kappa shape index (κ2) is 4.30. The van der Waals surface area contributed by atoms with E-state index in [0.717, 1.165) is 14.9 Å². The third kappa shape index (κ3) is 2.03. The molecule has 0 amide bonds. The van der Waals surface area contributed by atoms with Crippen molar-refractivity contribution in [3.63, 3.8) is 0 Å². The van der Waals surface area contributed by atoms with E-state index in [4.69, 9.17) is 5.11 Å². The summed E-state index contributed by atoms with van der Waals surface area (Å²) >= 11 is 5.12. The normalized spacial score (nSPS) is 10.3. The van der Waals surface area contributed by atoms with Crippen LogP contribution in [-0.2, 0) is 6.61 Å². The van der Waals surface area contributed by atoms with Gasteiger partial charge in [0.25, 0.3) is 0 Å². The molecule has 0 spiro atoms. The summed E-state index contributed by atoms with van der Waals surface area (Å²) in [5.41, 5.74) is 2.16. The van der Waals surface area contributed by atoms with Crippen LogP contribution in [0.25, 0.3) is 0 Å². The average Bonchev–Trinajstić information content (AvgIpc) is 2.03. The van der Waals surface area contributed by atoms with Crippen molar-refractivity contribution in [3.05, 3.63) is 27.7 Å². The van der Waals surface area contributed by atoms with Gasteiger partial charge in [0.2, 0.25) is 0 Å². The van der Waals surface area contributed by atoms with Crippen LogP contribution in [0.2, 0.25) is 0 Å². The summed E-state index contributed by atoms with van der Waals surface area (Å²) in [7, 11) is 0. The van der Waals surface area contributed by atoms with Crippen molar-refractivity contribution < 1.29 is 5.11 Å². The van der Waals surface area contributed by atoms with Gasteiger partial charge in [0, 0.05) is 9.37 Å². The van der Waals surface area contributed by atoms with Gasteiger partial charge >= 0.3 is 0 Å². The van der Waals surface area contributed by atoms with Crippen LogP contribution in [0.5, 0.6) is 0 Å². The zero-order chi connectivity index (χ0) is 9.14. The van der Waals surface area contributed by atoms with E-state index >= 15 is 0 Å². The minimum Gasteiger partial charge on any atom is -0.392 e. The SMILES string of the molecule is CSc1c(Br)cc(C)cc1CO. The first-order chi connectivity index (χ1) is 5.69. The number of hydrogen-bond acceptors (Lipinski definition) is 2. The molecule has 0 aliphatic rings. The molecular formula is C9H11BrOS. The summed E-state index contributed by atoms with van der Waals surface area (Å²) in [4.78, 5) is 1.13. The van der Waals surface area contributed by atoms with E-state index in [9.17, 15) is 0 Å². The molecule has 0 heterocycles. The third-order valence-corrected chi connectivity index (χ3v) is 3.42. The fourth-order valence-corrected chi connectivity index (χ4v) is 2.89. The van der Waals surface area contributed by atoms with Crippen molar-refractivity contribution in [2.24, 2.45) is 0 Å². The topological polar surface area (TPSA) is 20.2 Å². The molecule has 0 fully saturated rings.